The summed E-state index contributed by atoms with van der Waals surface area (Å²) in [5.41, 5.74) is 0.730. The normalized spacial score (nSPS) is 10.2. The van der Waals surface area contributed by atoms with Crippen molar-refractivity contribution in [2.45, 2.75) is 5.33 Å². The number of hydrogen-bond donors (Lipinski definition) is 0. The Kier molecular flexibility index (Phi) is 4.39. The molecule has 0 bridgehead atoms. The molecule has 0 amide bonds. The molecule has 0 aromatic heterocycles. The Balaban J connectivity index is 2.45. The Labute approximate surface area is 123 Å². The lowest BCUT2D eigenvalue weighted by Gasteiger charge is -2.11. The topological polar surface area (TPSA) is 52.4 Å². The van der Waals surface area contributed by atoms with Crippen molar-refractivity contribution in [2.24, 2.45) is 0 Å². The fourth-order valence-corrected chi connectivity index (χ4v) is 2.25. The molecule has 19 heavy (non-hydrogen) atoms. The van der Waals surface area contributed by atoms with E-state index in [0.29, 0.717) is 16.1 Å². The van der Waals surface area contributed by atoms with Crippen LogP contribution in [0.4, 0.5) is 5.69 Å². The van der Waals surface area contributed by atoms with Crippen LogP contribution in [-0.2, 0) is 5.33 Å². The average molecular weight is 343 g/mol. The van der Waals surface area contributed by atoms with E-state index in [9.17, 15) is 10.1 Å². The van der Waals surface area contributed by atoms with E-state index in [2.05, 4.69) is 15.9 Å². The molecule has 0 fully saturated rings. The number of rotatable bonds is 4. The SMILES string of the molecule is O=[N+]([O-])c1ccccc1Oc1c(Cl)cccc1CBr. The fourth-order valence-electron chi connectivity index (χ4n) is 1.58. The summed E-state index contributed by atoms with van der Waals surface area (Å²) in [5.74, 6) is 0.596. The molecule has 6 heteroatoms. The number of nitro groups is 1. The smallest absolute Gasteiger partial charge is 0.311 e. The number of benzene rings is 2. The number of nitrogens with zero attached hydrogens (tertiary/aromatic N) is 1. The lowest BCUT2D eigenvalue weighted by atomic mass is 10.2. The van der Waals surface area contributed by atoms with Crippen LogP contribution in [0.1, 0.15) is 5.56 Å². The highest BCUT2D eigenvalue weighted by molar-refractivity contribution is 9.08. The van der Waals surface area contributed by atoms with Crippen LogP contribution in [0.15, 0.2) is 42.5 Å². The summed E-state index contributed by atoms with van der Waals surface area (Å²) in [6, 6.07) is 11.5. The molecule has 0 saturated carbocycles. The van der Waals surface area contributed by atoms with Crippen molar-refractivity contribution in [3.8, 4) is 11.5 Å². The van der Waals surface area contributed by atoms with Gasteiger partial charge in [-0.3, -0.25) is 10.1 Å². The highest BCUT2D eigenvalue weighted by atomic mass is 79.9. The summed E-state index contributed by atoms with van der Waals surface area (Å²) in [5, 5.41) is 11.9. The third kappa shape index (κ3) is 3.05. The van der Waals surface area contributed by atoms with E-state index in [4.69, 9.17) is 16.3 Å². The Bertz CT molecular complexity index is 619. The molecule has 0 atom stereocenters. The summed E-state index contributed by atoms with van der Waals surface area (Å²) in [6.45, 7) is 0. The van der Waals surface area contributed by atoms with Crippen LogP contribution in [0.25, 0.3) is 0 Å². The van der Waals surface area contributed by atoms with Crippen LogP contribution in [-0.4, -0.2) is 4.92 Å². The minimum absolute atomic E-state index is 0.0945. The first-order valence-corrected chi connectivity index (χ1v) is 6.88. The Morgan fingerprint density at radius 3 is 2.63 bits per heavy atom. The first kappa shape index (κ1) is 13.8. The number of para-hydroxylation sites is 3. The van der Waals surface area contributed by atoms with Crippen molar-refractivity contribution < 1.29 is 9.66 Å². The minimum atomic E-state index is -0.486. The molecule has 0 aliphatic carbocycles. The zero-order valence-electron chi connectivity index (χ0n) is 9.68. The third-order valence-corrected chi connectivity index (χ3v) is 3.37. The zero-order chi connectivity index (χ0) is 13.8. The van der Waals surface area contributed by atoms with E-state index in [0.717, 1.165) is 5.56 Å². The summed E-state index contributed by atoms with van der Waals surface area (Å²) < 4.78 is 5.62. The minimum Gasteiger partial charge on any atom is -0.448 e. The van der Waals surface area contributed by atoms with Crippen LogP contribution in [0, 0.1) is 10.1 Å². The predicted molar refractivity (Wildman–Crippen MR) is 77.3 cm³/mol. The third-order valence-electron chi connectivity index (χ3n) is 2.47. The molecule has 0 aliphatic heterocycles. The Morgan fingerprint density at radius 1 is 1.21 bits per heavy atom. The van der Waals surface area contributed by atoms with Gasteiger partial charge < -0.3 is 4.74 Å². The Morgan fingerprint density at radius 2 is 1.95 bits per heavy atom. The molecule has 0 saturated heterocycles. The molecule has 4 nitrogen and oxygen atoms in total. The van der Waals surface area contributed by atoms with Crippen molar-refractivity contribution in [1.29, 1.82) is 0 Å². The van der Waals surface area contributed by atoms with Gasteiger partial charge in [-0.1, -0.05) is 51.8 Å². The lowest BCUT2D eigenvalue weighted by molar-refractivity contribution is -0.385. The number of hydrogen-bond acceptors (Lipinski definition) is 3. The number of halogens is 2. The highest BCUT2D eigenvalue weighted by Gasteiger charge is 2.17. The van der Waals surface area contributed by atoms with Gasteiger partial charge in [0, 0.05) is 17.0 Å². The van der Waals surface area contributed by atoms with Crippen molar-refractivity contribution in [3.63, 3.8) is 0 Å². The first-order chi connectivity index (χ1) is 9.13. The summed E-state index contributed by atoms with van der Waals surface area (Å²) >= 11 is 9.41. The van der Waals surface area contributed by atoms with Crippen molar-refractivity contribution in [2.75, 3.05) is 0 Å². The van der Waals surface area contributed by atoms with Gasteiger partial charge in [0.25, 0.3) is 0 Å². The fraction of sp³-hybridized carbons (Fsp3) is 0.0769. The van der Waals surface area contributed by atoms with E-state index < -0.39 is 4.92 Å². The summed E-state index contributed by atoms with van der Waals surface area (Å²) in [7, 11) is 0. The summed E-state index contributed by atoms with van der Waals surface area (Å²) in [6.07, 6.45) is 0. The number of nitro benzene ring substituents is 1. The second-order valence-corrected chi connectivity index (χ2v) is 4.66. The maximum atomic E-state index is 10.9. The van der Waals surface area contributed by atoms with Crippen LogP contribution in [0.3, 0.4) is 0 Å². The highest BCUT2D eigenvalue weighted by Crippen LogP contribution is 2.37. The second kappa shape index (κ2) is 6.04. The molecule has 0 radical (unpaired) electrons. The maximum absolute atomic E-state index is 10.9. The van der Waals surface area contributed by atoms with E-state index in [1.807, 2.05) is 6.07 Å². The largest absolute Gasteiger partial charge is 0.448 e. The maximum Gasteiger partial charge on any atom is 0.311 e. The average Bonchev–Trinajstić information content (AvgIpc) is 2.41. The molecular weight excluding hydrogens is 334 g/mol. The second-order valence-electron chi connectivity index (χ2n) is 3.69. The molecule has 0 spiro atoms. The molecule has 0 N–H and O–H groups in total. The Hall–Kier alpha value is -1.59. The first-order valence-electron chi connectivity index (χ1n) is 5.38. The van der Waals surface area contributed by atoms with E-state index in [1.54, 1.807) is 30.3 Å². The molecule has 0 unspecified atom stereocenters. The van der Waals surface area contributed by atoms with Crippen molar-refractivity contribution >= 4 is 33.2 Å². The quantitative estimate of drug-likeness (QED) is 0.449. The zero-order valence-corrected chi connectivity index (χ0v) is 12.0. The molecular formula is C13H9BrClNO3. The van der Waals surface area contributed by atoms with E-state index >= 15 is 0 Å². The molecule has 2 aromatic rings. The molecule has 2 rings (SSSR count). The van der Waals surface area contributed by atoms with Gasteiger partial charge in [0.05, 0.1) is 9.95 Å². The van der Waals surface area contributed by atoms with Crippen LogP contribution >= 0.6 is 27.5 Å². The number of alkyl halides is 1. The van der Waals surface area contributed by atoms with Crippen LogP contribution < -0.4 is 4.74 Å². The van der Waals surface area contributed by atoms with Gasteiger partial charge in [0.2, 0.25) is 5.75 Å². The van der Waals surface area contributed by atoms with E-state index in [-0.39, 0.29) is 11.4 Å². The predicted octanol–water partition coefficient (Wildman–Crippen LogP) is 4.94. The lowest BCUT2D eigenvalue weighted by Crippen LogP contribution is -1.95. The molecule has 0 aliphatic rings. The van der Waals surface area contributed by atoms with E-state index in [1.165, 1.54) is 6.07 Å². The van der Waals surface area contributed by atoms with Crippen molar-refractivity contribution in [3.05, 3.63) is 63.2 Å². The van der Waals surface area contributed by atoms with Gasteiger partial charge in [0.1, 0.15) is 5.75 Å². The van der Waals surface area contributed by atoms with Crippen molar-refractivity contribution in [1.82, 2.24) is 0 Å². The van der Waals surface area contributed by atoms with Gasteiger partial charge in [-0.05, 0) is 12.1 Å². The molecule has 98 valence electrons. The number of ether oxygens (including phenoxy) is 1. The van der Waals surface area contributed by atoms with Gasteiger partial charge in [-0.2, -0.15) is 0 Å². The van der Waals surface area contributed by atoms with Crippen LogP contribution in [0.5, 0.6) is 11.5 Å². The standard InChI is InChI=1S/C13H9BrClNO3/c14-8-9-4-3-5-10(15)13(9)19-12-7-2-1-6-11(12)16(17)18/h1-7H,8H2. The van der Waals surface area contributed by atoms with Gasteiger partial charge >= 0.3 is 5.69 Å². The van der Waals surface area contributed by atoms with Gasteiger partial charge in [-0.25, -0.2) is 0 Å². The van der Waals surface area contributed by atoms with Gasteiger partial charge in [0.15, 0.2) is 0 Å². The summed E-state index contributed by atoms with van der Waals surface area (Å²) in [4.78, 5) is 10.4. The monoisotopic (exact) mass is 341 g/mol. The molecule has 2 aromatic carbocycles. The van der Waals surface area contributed by atoms with Crippen LogP contribution in [0.2, 0.25) is 5.02 Å². The molecule has 0 heterocycles. The van der Waals surface area contributed by atoms with Gasteiger partial charge in [-0.15, -0.1) is 0 Å².